The molecule has 0 amide bonds. The van der Waals surface area contributed by atoms with Crippen LogP contribution in [0.4, 0.5) is 0 Å². The first kappa shape index (κ1) is 15.7. The Balaban J connectivity index is 2.68. The molecule has 0 aromatic rings. The molecule has 1 heterocycles. The summed E-state index contributed by atoms with van der Waals surface area (Å²) < 4.78 is 10.0. The van der Waals surface area contributed by atoms with Crippen molar-refractivity contribution in [2.45, 2.75) is 29.9 Å². The van der Waals surface area contributed by atoms with E-state index in [2.05, 4.69) is 0 Å². The van der Waals surface area contributed by atoms with E-state index in [1.807, 2.05) is 0 Å². The Morgan fingerprint density at radius 2 is 1.94 bits per heavy atom. The minimum Gasteiger partial charge on any atom is -0.389 e. The van der Waals surface area contributed by atoms with Gasteiger partial charge in [-0.3, -0.25) is 5.41 Å². The van der Waals surface area contributed by atoms with Gasteiger partial charge in [0.1, 0.15) is 12.2 Å². The molecule has 1 rings (SSSR count). The average molecular weight is 280 g/mol. The fourth-order valence-corrected chi connectivity index (χ4v) is 2.53. The van der Waals surface area contributed by atoms with Gasteiger partial charge in [-0.15, -0.1) is 0 Å². The number of aliphatic hydroxyl groups excluding tert-OH is 3. The first-order valence-corrected chi connectivity index (χ1v) is 6.37. The van der Waals surface area contributed by atoms with Gasteiger partial charge in [0.15, 0.2) is 11.5 Å². The van der Waals surface area contributed by atoms with Gasteiger partial charge in [-0.05, 0) is 0 Å². The van der Waals surface area contributed by atoms with Crippen molar-refractivity contribution in [3.63, 3.8) is 0 Å². The molecule has 8 heteroatoms. The molecule has 0 aliphatic carbocycles. The van der Waals surface area contributed by atoms with E-state index >= 15 is 0 Å². The van der Waals surface area contributed by atoms with Crippen molar-refractivity contribution in [2.75, 3.05) is 27.8 Å². The van der Waals surface area contributed by atoms with Crippen LogP contribution in [-0.4, -0.2) is 83.1 Å². The van der Waals surface area contributed by atoms with Gasteiger partial charge >= 0.3 is 0 Å². The SMILES string of the molecule is COCC1OC(O)C(SC(=N)N(C)C)C(O)C1O. The van der Waals surface area contributed by atoms with Crippen LogP contribution in [0.25, 0.3) is 0 Å². The minimum atomic E-state index is -1.26. The van der Waals surface area contributed by atoms with Crippen LogP contribution in [0.2, 0.25) is 0 Å². The maximum absolute atomic E-state index is 9.95. The predicted octanol–water partition coefficient (Wildman–Crippen LogP) is -1.33. The Labute approximate surface area is 110 Å². The predicted molar refractivity (Wildman–Crippen MR) is 67.6 cm³/mol. The summed E-state index contributed by atoms with van der Waals surface area (Å²) in [4.78, 5) is 1.54. The molecule has 5 unspecified atom stereocenters. The topological polar surface area (TPSA) is 106 Å². The van der Waals surface area contributed by atoms with Crippen LogP contribution in [-0.2, 0) is 9.47 Å². The van der Waals surface area contributed by atoms with E-state index in [9.17, 15) is 15.3 Å². The van der Waals surface area contributed by atoms with Crippen molar-refractivity contribution in [1.29, 1.82) is 5.41 Å². The molecule has 7 nitrogen and oxygen atoms in total. The maximum atomic E-state index is 9.95. The van der Waals surface area contributed by atoms with E-state index in [0.717, 1.165) is 11.8 Å². The van der Waals surface area contributed by atoms with E-state index < -0.39 is 29.9 Å². The summed E-state index contributed by atoms with van der Waals surface area (Å²) >= 11 is 0.952. The number of amidine groups is 1. The lowest BCUT2D eigenvalue weighted by Crippen LogP contribution is -2.57. The molecule has 1 fully saturated rings. The van der Waals surface area contributed by atoms with Crippen LogP contribution in [0, 0.1) is 5.41 Å². The molecule has 4 N–H and O–H groups in total. The molecular weight excluding hydrogens is 260 g/mol. The molecule has 1 saturated heterocycles. The minimum absolute atomic E-state index is 0.0812. The number of hydrogen-bond donors (Lipinski definition) is 4. The van der Waals surface area contributed by atoms with Gasteiger partial charge in [-0.2, -0.15) is 0 Å². The summed E-state index contributed by atoms with van der Waals surface area (Å²) in [6.07, 6.45) is -4.36. The molecular formula is C10H20N2O5S. The van der Waals surface area contributed by atoms with Crippen LogP contribution < -0.4 is 0 Å². The first-order chi connectivity index (χ1) is 8.38. The van der Waals surface area contributed by atoms with Gasteiger partial charge in [0, 0.05) is 21.2 Å². The number of methoxy groups -OCH3 is 1. The molecule has 0 bridgehead atoms. The van der Waals surface area contributed by atoms with E-state index in [4.69, 9.17) is 14.9 Å². The molecule has 1 aliphatic heterocycles. The third-order valence-corrected chi connectivity index (χ3v) is 4.02. The van der Waals surface area contributed by atoms with Crippen molar-refractivity contribution in [2.24, 2.45) is 0 Å². The lowest BCUT2D eigenvalue weighted by Gasteiger charge is -2.40. The molecule has 1 aliphatic rings. The van der Waals surface area contributed by atoms with Crippen LogP contribution in [0.3, 0.4) is 0 Å². The smallest absolute Gasteiger partial charge is 0.170 e. The zero-order valence-corrected chi connectivity index (χ0v) is 11.4. The molecule has 5 atom stereocenters. The fraction of sp³-hybridized carbons (Fsp3) is 0.900. The van der Waals surface area contributed by atoms with E-state index in [0.29, 0.717) is 0 Å². The van der Waals surface area contributed by atoms with E-state index in [-0.39, 0.29) is 11.8 Å². The number of aliphatic hydroxyl groups is 3. The third-order valence-electron chi connectivity index (χ3n) is 2.65. The number of rotatable bonds is 3. The Bertz CT molecular complexity index is 291. The fourth-order valence-electron chi connectivity index (χ4n) is 1.58. The van der Waals surface area contributed by atoms with Crippen molar-refractivity contribution in [1.82, 2.24) is 4.90 Å². The summed E-state index contributed by atoms with van der Waals surface area (Å²) in [6.45, 7) is 0.0812. The van der Waals surface area contributed by atoms with Gasteiger partial charge in [-0.25, -0.2) is 0 Å². The molecule has 0 aromatic carbocycles. The highest BCUT2D eigenvalue weighted by Crippen LogP contribution is 2.30. The van der Waals surface area contributed by atoms with Crippen LogP contribution >= 0.6 is 11.8 Å². The van der Waals surface area contributed by atoms with Crippen molar-refractivity contribution in [3.8, 4) is 0 Å². The number of hydrogen-bond acceptors (Lipinski definition) is 7. The van der Waals surface area contributed by atoms with Gasteiger partial charge < -0.3 is 29.7 Å². The molecule has 0 saturated carbocycles. The summed E-state index contributed by atoms with van der Waals surface area (Å²) in [5.74, 6) is 0. The maximum Gasteiger partial charge on any atom is 0.170 e. The zero-order chi connectivity index (χ0) is 13.9. The summed E-state index contributed by atoms with van der Waals surface area (Å²) in [7, 11) is 4.81. The third kappa shape index (κ3) is 3.56. The second kappa shape index (κ2) is 6.69. The molecule has 0 spiro atoms. The highest BCUT2D eigenvalue weighted by Gasteiger charge is 2.44. The van der Waals surface area contributed by atoms with Gasteiger partial charge in [0.25, 0.3) is 0 Å². The van der Waals surface area contributed by atoms with Crippen molar-refractivity contribution >= 4 is 16.9 Å². The highest BCUT2D eigenvalue weighted by atomic mass is 32.2. The number of thioether (sulfide) groups is 1. The van der Waals surface area contributed by atoms with Crippen molar-refractivity contribution < 1.29 is 24.8 Å². The summed E-state index contributed by atoms with van der Waals surface area (Å²) in [5, 5.41) is 36.6. The normalized spacial score (nSPS) is 36.4. The summed E-state index contributed by atoms with van der Waals surface area (Å²) in [5.41, 5.74) is 0. The van der Waals surface area contributed by atoms with Gasteiger partial charge in [0.2, 0.25) is 0 Å². The first-order valence-electron chi connectivity index (χ1n) is 5.49. The van der Waals surface area contributed by atoms with Crippen LogP contribution in [0.5, 0.6) is 0 Å². The Morgan fingerprint density at radius 1 is 1.33 bits per heavy atom. The second-order valence-corrected chi connectivity index (χ2v) is 5.45. The second-order valence-electron chi connectivity index (χ2n) is 4.28. The van der Waals surface area contributed by atoms with Crippen LogP contribution in [0.1, 0.15) is 0 Å². The van der Waals surface area contributed by atoms with E-state index in [1.54, 1.807) is 14.1 Å². The number of ether oxygens (including phenoxy) is 2. The van der Waals surface area contributed by atoms with Crippen LogP contribution in [0.15, 0.2) is 0 Å². The number of nitrogens with one attached hydrogen (secondary N) is 1. The standard InChI is InChI=1S/C10H20N2O5S/c1-12(2)10(11)18-8-7(14)6(13)5(4-16-3)17-9(8)15/h5-9,11,13-15H,4H2,1-3H3. The highest BCUT2D eigenvalue weighted by molar-refractivity contribution is 8.14. The van der Waals surface area contributed by atoms with Gasteiger partial charge in [-0.1, -0.05) is 11.8 Å². The quantitative estimate of drug-likeness (QED) is 0.375. The van der Waals surface area contributed by atoms with Crippen molar-refractivity contribution in [3.05, 3.63) is 0 Å². The lowest BCUT2D eigenvalue weighted by atomic mass is 10.0. The summed E-state index contributed by atoms with van der Waals surface area (Å²) in [6, 6.07) is 0. The molecule has 0 radical (unpaired) electrons. The monoisotopic (exact) mass is 280 g/mol. The lowest BCUT2D eigenvalue weighted by molar-refractivity contribution is -0.236. The Morgan fingerprint density at radius 3 is 2.44 bits per heavy atom. The number of nitrogens with zero attached hydrogens (tertiary/aromatic N) is 1. The zero-order valence-electron chi connectivity index (χ0n) is 10.6. The molecule has 0 aromatic heterocycles. The average Bonchev–Trinajstić information content (AvgIpc) is 2.31. The molecule has 106 valence electrons. The van der Waals surface area contributed by atoms with E-state index in [1.165, 1.54) is 12.0 Å². The van der Waals surface area contributed by atoms with Gasteiger partial charge in [0.05, 0.1) is 18.0 Å². The largest absolute Gasteiger partial charge is 0.389 e. The Kier molecular flexibility index (Phi) is 5.83. The Hall–Kier alpha value is -0.380. The molecule has 18 heavy (non-hydrogen) atoms.